The molecule has 0 aromatic heterocycles. The summed E-state index contributed by atoms with van der Waals surface area (Å²) in [5, 5.41) is 14.1. The van der Waals surface area contributed by atoms with Crippen molar-refractivity contribution in [2.24, 2.45) is 0 Å². The average Bonchev–Trinajstić information content (AvgIpc) is 3.18. The Bertz CT molecular complexity index is 478. The van der Waals surface area contributed by atoms with Crippen LogP contribution in [0.25, 0.3) is 0 Å². The molecule has 5 heteroatoms. The molecule has 0 aliphatic heterocycles. The predicted octanol–water partition coefficient (Wildman–Crippen LogP) is 1.67. The van der Waals surface area contributed by atoms with Gasteiger partial charge in [-0.15, -0.1) is 0 Å². The lowest BCUT2D eigenvalue weighted by Crippen LogP contribution is -2.47. The molecule has 0 atom stereocenters. The molecule has 1 aromatic carbocycles. The van der Waals surface area contributed by atoms with Gasteiger partial charge in [-0.3, -0.25) is 0 Å². The zero-order valence-corrected chi connectivity index (χ0v) is 10.9. The summed E-state index contributed by atoms with van der Waals surface area (Å²) < 4.78 is 0. The number of carboxylic acids is 1. The molecule has 0 spiro atoms. The maximum Gasteiger partial charge on any atom is 0.329 e. The summed E-state index contributed by atoms with van der Waals surface area (Å²) in [6, 6.07) is 7.54. The first-order chi connectivity index (χ1) is 9.05. The molecule has 5 nitrogen and oxygen atoms in total. The highest BCUT2D eigenvalue weighted by Crippen LogP contribution is 2.35. The van der Waals surface area contributed by atoms with Crippen molar-refractivity contribution in [1.82, 2.24) is 10.6 Å². The first-order valence-electron chi connectivity index (χ1n) is 6.43. The number of nitrogens with one attached hydrogen (secondary N) is 2. The topological polar surface area (TPSA) is 78.4 Å². The average molecular weight is 262 g/mol. The van der Waals surface area contributed by atoms with Crippen molar-refractivity contribution in [3.63, 3.8) is 0 Å². The smallest absolute Gasteiger partial charge is 0.329 e. The Balaban J connectivity index is 1.81. The third-order valence-corrected chi connectivity index (χ3v) is 3.40. The van der Waals surface area contributed by atoms with Gasteiger partial charge in [0.25, 0.3) is 0 Å². The van der Waals surface area contributed by atoms with Gasteiger partial charge in [-0.2, -0.15) is 0 Å². The van der Waals surface area contributed by atoms with E-state index in [1.807, 2.05) is 24.3 Å². The van der Waals surface area contributed by atoms with E-state index in [1.165, 1.54) is 5.56 Å². The van der Waals surface area contributed by atoms with Crippen molar-refractivity contribution in [2.45, 2.75) is 38.3 Å². The number of amides is 2. The highest BCUT2D eigenvalue weighted by atomic mass is 16.4. The van der Waals surface area contributed by atoms with Crippen molar-refractivity contribution in [2.75, 3.05) is 0 Å². The van der Waals surface area contributed by atoms with Crippen LogP contribution in [-0.2, 0) is 17.8 Å². The van der Waals surface area contributed by atoms with Gasteiger partial charge in [0.15, 0.2) is 0 Å². The summed E-state index contributed by atoms with van der Waals surface area (Å²) in [4.78, 5) is 22.5. The molecule has 1 fully saturated rings. The summed E-state index contributed by atoms with van der Waals surface area (Å²) in [5.74, 6) is -0.963. The molecule has 1 aromatic rings. The molecular formula is C14H18N2O3. The molecule has 0 heterocycles. The summed E-state index contributed by atoms with van der Waals surface area (Å²) in [5.41, 5.74) is 1.21. The van der Waals surface area contributed by atoms with E-state index in [4.69, 9.17) is 5.11 Å². The standard InChI is InChI=1S/C14H18N2O3/c1-2-10-3-5-11(6-4-10)9-15-13(19)16-14(7-8-14)12(17)18/h3-6H,2,7-9H2,1H3,(H,17,18)(H2,15,16,19). The van der Waals surface area contributed by atoms with Gasteiger partial charge in [0.2, 0.25) is 0 Å². The first-order valence-corrected chi connectivity index (χ1v) is 6.43. The SMILES string of the molecule is CCc1ccc(CNC(=O)NC2(C(=O)O)CC2)cc1. The molecular weight excluding hydrogens is 244 g/mol. The third kappa shape index (κ3) is 3.24. The van der Waals surface area contributed by atoms with Crippen LogP contribution in [0.2, 0.25) is 0 Å². The lowest BCUT2D eigenvalue weighted by atomic mass is 10.1. The molecule has 19 heavy (non-hydrogen) atoms. The summed E-state index contributed by atoms with van der Waals surface area (Å²) >= 11 is 0. The Morgan fingerprint density at radius 3 is 2.26 bits per heavy atom. The fourth-order valence-electron chi connectivity index (χ4n) is 1.85. The van der Waals surface area contributed by atoms with Gasteiger partial charge >= 0.3 is 12.0 Å². The van der Waals surface area contributed by atoms with Gasteiger partial charge in [-0.25, -0.2) is 9.59 Å². The molecule has 0 saturated heterocycles. The minimum absolute atomic E-state index is 0.394. The second-order valence-corrected chi connectivity index (χ2v) is 4.86. The van der Waals surface area contributed by atoms with Gasteiger partial charge in [0.1, 0.15) is 5.54 Å². The molecule has 1 saturated carbocycles. The number of urea groups is 1. The van der Waals surface area contributed by atoms with Crippen LogP contribution in [0.15, 0.2) is 24.3 Å². The number of carboxylic acid groups (broad SMARTS) is 1. The zero-order chi connectivity index (χ0) is 13.9. The van der Waals surface area contributed by atoms with Crippen molar-refractivity contribution >= 4 is 12.0 Å². The van der Waals surface area contributed by atoms with E-state index in [2.05, 4.69) is 17.6 Å². The Hall–Kier alpha value is -2.04. The summed E-state index contributed by atoms with van der Waals surface area (Å²) in [6.45, 7) is 2.48. The van der Waals surface area contributed by atoms with Crippen LogP contribution in [0, 0.1) is 0 Å². The molecule has 2 rings (SSSR count). The highest BCUT2D eigenvalue weighted by Gasteiger charge is 2.51. The number of carbonyl (C=O) groups is 2. The molecule has 0 bridgehead atoms. The number of carbonyl (C=O) groups excluding carboxylic acids is 1. The zero-order valence-electron chi connectivity index (χ0n) is 10.9. The van der Waals surface area contributed by atoms with E-state index in [-0.39, 0.29) is 0 Å². The van der Waals surface area contributed by atoms with Crippen LogP contribution in [0.3, 0.4) is 0 Å². The van der Waals surface area contributed by atoms with Crippen LogP contribution in [-0.4, -0.2) is 22.6 Å². The van der Waals surface area contributed by atoms with E-state index in [0.717, 1.165) is 12.0 Å². The molecule has 102 valence electrons. The van der Waals surface area contributed by atoms with Crippen LogP contribution >= 0.6 is 0 Å². The van der Waals surface area contributed by atoms with Gasteiger partial charge in [-0.1, -0.05) is 31.2 Å². The van der Waals surface area contributed by atoms with Gasteiger partial charge in [-0.05, 0) is 30.4 Å². The molecule has 1 aliphatic carbocycles. The summed E-state index contributed by atoms with van der Waals surface area (Å²) in [6.07, 6.45) is 1.98. The monoisotopic (exact) mass is 262 g/mol. The van der Waals surface area contributed by atoms with Crippen LogP contribution in [0.5, 0.6) is 0 Å². The van der Waals surface area contributed by atoms with Gasteiger partial charge < -0.3 is 15.7 Å². The fourth-order valence-corrected chi connectivity index (χ4v) is 1.85. The first kappa shape index (κ1) is 13.4. The largest absolute Gasteiger partial charge is 0.480 e. The number of aryl methyl sites for hydroxylation is 1. The lowest BCUT2D eigenvalue weighted by Gasteiger charge is -2.13. The van der Waals surface area contributed by atoms with Crippen LogP contribution < -0.4 is 10.6 Å². The Morgan fingerprint density at radius 2 is 1.79 bits per heavy atom. The van der Waals surface area contributed by atoms with E-state index in [9.17, 15) is 9.59 Å². The van der Waals surface area contributed by atoms with E-state index in [0.29, 0.717) is 19.4 Å². The molecule has 3 N–H and O–H groups in total. The maximum atomic E-state index is 11.6. The molecule has 1 aliphatic rings. The lowest BCUT2D eigenvalue weighted by molar-refractivity contribution is -0.140. The Kier molecular flexibility index (Phi) is 3.74. The number of hydrogen-bond donors (Lipinski definition) is 3. The minimum atomic E-state index is -1.03. The van der Waals surface area contributed by atoms with Gasteiger partial charge in [0, 0.05) is 6.54 Å². The fraction of sp³-hybridized carbons (Fsp3) is 0.429. The number of rotatable bonds is 5. The van der Waals surface area contributed by atoms with Crippen molar-refractivity contribution in [3.05, 3.63) is 35.4 Å². The van der Waals surface area contributed by atoms with Crippen molar-refractivity contribution < 1.29 is 14.7 Å². The molecule has 0 unspecified atom stereocenters. The quantitative estimate of drug-likeness (QED) is 0.755. The number of hydrogen-bond acceptors (Lipinski definition) is 2. The molecule has 2 amide bonds. The minimum Gasteiger partial charge on any atom is -0.480 e. The second-order valence-electron chi connectivity index (χ2n) is 4.86. The van der Waals surface area contributed by atoms with Crippen LogP contribution in [0.1, 0.15) is 30.9 Å². The van der Waals surface area contributed by atoms with Crippen molar-refractivity contribution in [3.8, 4) is 0 Å². The van der Waals surface area contributed by atoms with Crippen molar-refractivity contribution in [1.29, 1.82) is 0 Å². The Morgan fingerprint density at radius 1 is 1.21 bits per heavy atom. The van der Waals surface area contributed by atoms with E-state index >= 15 is 0 Å². The van der Waals surface area contributed by atoms with Crippen LogP contribution in [0.4, 0.5) is 4.79 Å². The van der Waals surface area contributed by atoms with Gasteiger partial charge in [0.05, 0.1) is 0 Å². The maximum absolute atomic E-state index is 11.6. The molecule has 0 radical (unpaired) electrons. The Labute approximate surface area is 112 Å². The second kappa shape index (κ2) is 5.30. The van der Waals surface area contributed by atoms with E-state index in [1.54, 1.807) is 0 Å². The summed E-state index contributed by atoms with van der Waals surface area (Å²) in [7, 11) is 0. The number of aliphatic carboxylic acids is 1. The normalized spacial score (nSPS) is 15.6. The van der Waals surface area contributed by atoms with E-state index < -0.39 is 17.5 Å². The third-order valence-electron chi connectivity index (χ3n) is 3.40. The number of benzene rings is 1. The predicted molar refractivity (Wildman–Crippen MR) is 70.8 cm³/mol. The highest BCUT2D eigenvalue weighted by molar-refractivity contribution is 5.88.